The lowest BCUT2D eigenvalue weighted by Gasteiger charge is -1.96. The van der Waals surface area contributed by atoms with Crippen LogP contribution in [0.3, 0.4) is 0 Å². The average Bonchev–Trinajstić information content (AvgIpc) is 2.79. The second-order valence-electron chi connectivity index (χ2n) is 3.86. The summed E-state index contributed by atoms with van der Waals surface area (Å²) in [4.78, 5) is 0. The molecule has 1 aromatic carbocycles. The van der Waals surface area contributed by atoms with Crippen molar-refractivity contribution in [1.82, 2.24) is 15.5 Å². The molecule has 2 aromatic rings. The Morgan fingerprint density at radius 2 is 1.88 bits per heavy atom. The number of likely N-dealkylation sites (N-methyl/N-ethyl adjacent to an activating group) is 1. The highest BCUT2D eigenvalue weighted by atomic mass is 32.1. The largest absolute Gasteiger partial charge is 0.317 e. The molecule has 0 saturated heterocycles. The quantitative estimate of drug-likeness (QED) is 0.796. The Bertz CT molecular complexity index is 439. The van der Waals surface area contributed by atoms with E-state index in [9.17, 15) is 0 Å². The van der Waals surface area contributed by atoms with Crippen LogP contribution >= 0.6 is 11.3 Å². The molecular formula is C13H17N3S. The van der Waals surface area contributed by atoms with Gasteiger partial charge in [-0.15, -0.1) is 21.5 Å². The maximum Gasteiger partial charge on any atom is 0.121 e. The van der Waals surface area contributed by atoms with Crippen LogP contribution in [0.5, 0.6) is 0 Å². The minimum atomic E-state index is 0.889. The second kappa shape index (κ2) is 6.47. The summed E-state index contributed by atoms with van der Waals surface area (Å²) in [6.45, 7) is 4.10. The fourth-order valence-corrected chi connectivity index (χ4v) is 2.48. The van der Waals surface area contributed by atoms with Gasteiger partial charge in [0.1, 0.15) is 10.0 Å². The number of benzene rings is 1. The lowest BCUT2D eigenvalue weighted by Crippen LogP contribution is -2.15. The summed E-state index contributed by atoms with van der Waals surface area (Å²) in [6, 6.07) is 10.4. The van der Waals surface area contributed by atoms with Crippen LogP contribution in [0.1, 0.15) is 22.5 Å². The second-order valence-corrected chi connectivity index (χ2v) is 5.00. The highest BCUT2D eigenvalue weighted by Gasteiger charge is 2.04. The van der Waals surface area contributed by atoms with Gasteiger partial charge in [-0.1, -0.05) is 37.3 Å². The molecule has 90 valence electrons. The van der Waals surface area contributed by atoms with E-state index in [-0.39, 0.29) is 0 Å². The Hall–Kier alpha value is -1.26. The molecule has 3 nitrogen and oxygen atoms in total. The number of hydrogen-bond acceptors (Lipinski definition) is 4. The van der Waals surface area contributed by atoms with Gasteiger partial charge < -0.3 is 5.32 Å². The maximum atomic E-state index is 4.23. The Kier molecular flexibility index (Phi) is 4.64. The van der Waals surface area contributed by atoms with Crippen molar-refractivity contribution in [2.75, 3.05) is 13.1 Å². The molecule has 0 atom stereocenters. The summed E-state index contributed by atoms with van der Waals surface area (Å²) < 4.78 is 0. The Morgan fingerprint density at radius 1 is 1.12 bits per heavy atom. The maximum absolute atomic E-state index is 4.23. The summed E-state index contributed by atoms with van der Waals surface area (Å²) >= 11 is 1.72. The van der Waals surface area contributed by atoms with Crippen molar-refractivity contribution in [2.24, 2.45) is 0 Å². The molecule has 1 heterocycles. The van der Waals surface area contributed by atoms with Crippen molar-refractivity contribution in [3.63, 3.8) is 0 Å². The summed E-state index contributed by atoms with van der Waals surface area (Å²) in [5, 5.41) is 14.0. The van der Waals surface area contributed by atoms with Crippen LogP contribution in [0.25, 0.3) is 0 Å². The number of hydrogen-bond donors (Lipinski definition) is 1. The van der Waals surface area contributed by atoms with Crippen LogP contribution in [-0.4, -0.2) is 23.3 Å². The molecule has 0 saturated carbocycles. The average molecular weight is 247 g/mol. The van der Waals surface area contributed by atoms with Gasteiger partial charge in [0.05, 0.1) is 0 Å². The Labute approximate surface area is 106 Å². The monoisotopic (exact) mass is 247 g/mol. The van der Waals surface area contributed by atoms with Gasteiger partial charge in [-0.05, 0) is 12.1 Å². The minimum Gasteiger partial charge on any atom is -0.317 e. The molecule has 0 aliphatic rings. The van der Waals surface area contributed by atoms with E-state index in [1.54, 1.807) is 11.3 Å². The third-order valence-corrected chi connectivity index (χ3v) is 3.46. The Morgan fingerprint density at radius 3 is 2.65 bits per heavy atom. The molecule has 0 unspecified atom stereocenters. The van der Waals surface area contributed by atoms with E-state index in [2.05, 4.69) is 46.7 Å². The third-order valence-electron chi connectivity index (χ3n) is 2.47. The van der Waals surface area contributed by atoms with Gasteiger partial charge >= 0.3 is 0 Å². The summed E-state index contributed by atoms with van der Waals surface area (Å²) in [5.74, 6) is 0. The zero-order valence-corrected chi connectivity index (χ0v) is 10.8. The van der Waals surface area contributed by atoms with Crippen molar-refractivity contribution in [3.05, 3.63) is 45.9 Å². The van der Waals surface area contributed by atoms with E-state index in [4.69, 9.17) is 0 Å². The van der Waals surface area contributed by atoms with E-state index >= 15 is 0 Å². The predicted octanol–water partition coefficient (Wildman–Crippen LogP) is 2.28. The van der Waals surface area contributed by atoms with E-state index in [0.717, 1.165) is 35.9 Å². The van der Waals surface area contributed by atoms with Gasteiger partial charge in [0.15, 0.2) is 0 Å². The third kappa shape index (κ3) is 3.91. The van der Waals surface area contributed by atoms with E-state index in [1.165, 1.54) is 5.56 Å². The molecule has 0 bridgehead atoms. The first-order valence-corrected chi connectivity index (χ1v) is 6.76. The molecule has 1 aromatic heterocycles. The summed E-state index contributed by atoms with van der Waals surface area (Å²) in [7, 11) is 0. The zero-order valence-electron chi connectivity index (χ0n) is 10.0. The summed E-state index contributed by atoms with van der Waals surface area (Å²) in [6.07, 6.45) is 1.86. The SMILES string of the molecule is CCNCCc1nnc(Cc2ccccc2)s1. The van der Waals surface area contributed by atoms with Crippen LogP contribution in [-0.2, 0) is 12.8 Å². The van der Waals surface area contributed by atoms with Gasteiger partial charge in [-0.25, -0.2) is 0 Å². The van der Waals surface area contributed by atoms with Gasteiger partial charge in [0.2, 0.25) is 0 Å². The number of nitrogens with one attached hydrogen (secondary N) is 1. The predicted molar refractivity (Wildman–Crippen MR) is 71.4 cm³/mol. The first-order chi connectivity index (χ1) is 8.38. The van der Waals surface area contributed by atoms with E-state index in [1.807, 2.05) is 6.07 Å². The highest BCUT2D eigenvalue weighted by Crippen LogP contribution is 2.14. The fourth-order valence-electron chi connectivity index (χ4n) is 1.60. The van der Waals surface area contributed by atoms with Gasteiger partial charge in [-0.3, -0.25) is 0 Å². The standard InChI is InChI=1S/C13H17N3S/c1-2-14-9-8-12-15-16-13(17-12)10-11-6-4-3-5-7-11/h3-7,14H,2,8-10H2,1H3. The smallest absolute Gasteiger partial charge is 0.121 e. The van der Waals surface area contributed by atoms with E-state index in [0.29, 0.717) is 0 Å². The van der Waals surface area contributed by atoms with Crippen molar-refractivity contribution in [2.45, 2.75) is 19.8 Å². The lowest BCUT2D eigenvalue weighted by atomic mass is 10.2. The van der Waals surface area contributed by atoms with Crippen molar-refractivity contribution in [3.8, 4) is 0 Å². The van der Waals surface area contributed by atoms with Crippen molar-refractivity contribution >= 4 is 11.3 Å². The van der Waals surface area contributed by atoms with Gasteiger partial charge in [0.25, 0.3) is 0 Å². The zero-order chi connectivity index (χ0) is 11.9. The van der Waals surface area contributed by atoms with Crippen molar-refractivity contribution < 1.29 is 0 Å². The molecule has 1 N–H and O–H groups in total. The molecule has 0 amide bonds. The fraction of sp³-hybridized carbons (Fsp3) is 0.385. The van der Waals surface area contributed by atoms with Crippen LogP contribution in [0.2, 0.25) is 0 Å². The summed E-state index contributed by atoms with van der Waals surface area (Å²) in [5.41, 5.74) is 1.29. The van der Waals surface area contributed by atoms with Gasteiger partial charge in [0, 0.05) is 19.4 Å². The highest BCUT2D eigenvalue weighted by molar-refractivity contribution is 7.11. The topological polar surface area (TPSA) is 37.8 Å². The van der Waals surface area contributed by atoms with E-state index < -0.39 is 0 Å². The normalized spacial score (nSPS) is 10.6. The number of aromatic nitrogens is 2. The van der Waals surface area contributed by atoms with Crippen LogP contribution in [0.4, 0.5) is 0 Å². The number of rotatable bonds is 6. The lowest BCUT2D eigenvalue weighted by molar-refractivity contribution is 0.710. The molecule has 0 aliphatic carbocycles. The number of nitrogens with zero attached hydrogens (tertiary/aromatic N) is 2. The molecule has 17 heavy (non-hydrogen) atoms. The van der Waals surface area contributed by atoms with Crippen LogP contribution in [0, 0.1) is 0 Å². The van der Waals surface area contributed by atoms with Gasteiger partial charge in [-0.2, -0.15) is 0 Å². The molecule has 0 aliphatic heterocycles. The molecular weight excluding hydrogens is 230 g/mol. The minimum absolute atomic E-state index is 0.889. The molecule has 0 fully saturated rings. The van der Waals surface area contributed by atoms with Crippen molar-refractivity contribution in [1.29, 1.82) is 0 Å². The first kappa shape index (κ1) is 12.2. The molecule has 2 rings (SSSR count). The van der Waals surface area contributed by atoms with Crippen LogP contribution < -0.4 is 5.32 Å². The molecule has 4 heteroatoms. The molecule has 0 radical (unpaired) electrons. The Balaban J connectivity index is 1.90. The molecule has 0 spiro atoms. The first-order valence-electron chi connectivity index (χ1n) is 5.94. The van der Waals surface area contributed by atoms with Crippen LogP contribution in [0.15, 0.2) is 30.3 Å².